The molecule has 0 aromatic rings. The molecule has 0 spiro atoms. The molecule has 2 fully saturated rings. The predicted molar refractivity (Wildman–Crippen MR) is 66.6 cm³/mol. The van der Waals surface area contributed by atoms with E-state index in [-0.39, 0.29) is 18.8 Å². The lowest BCUT2D eigenvalue weighted by molar-refractivity contribution is -0.156. The number of likely N-dealkylation sites (tertiary alicyclic amines) is 1. The Balaban J connectivity index is 2.12. The summed E-state index contributed by atoms with van der Waals surface area (Å²) in [5.74, 6) is -0.416. The number of fused-ring (bicyclic) bond motifs is 2. The van der Waals surface area contributed by atoms with E-state index in [0.29, 0.717) is 13.0 Å². The lowest BCUT2D eigenvalue weighted by Crippen LogP contribution is -2.54. The van der Waals surface area contributed by atoms with Crippen LogP contribution in [0.3, 0.4) is 0 Å². The number of ether oxygens (including phenoxy) is 3. The average Bonchev–Trinajstić information content (AvgIpc) is 2.85. The highest BCUT2D eigenvalue weighted by Gasteiger charge is 2.54. The Morgan fingerprint density at radius 1 is 1.37 bits per heavy atom. The standard InChI is InChI=1S/C13H21NO5/c1-5-17-11(15)10-9-6-8(7-18-9)14(10)12(16)19-13(2,3)4/h8-10H,5-7H2,1-4H3. The molecule has 0 radical (unpaired) electrons. The summed E-state index contributed by atoms with van der Waals surface area (Å²) in [6.45, 7) is 7.89. The molecular weight excluding hydrogens is 250 g/mol. The second-order valence-electron chi connectivity index (χ2n) is 5.85. The first-order valence-corrected chi connectivity index (χ1v) is 6.63. The third-order valence-electron chi connectivity index (χ3n) is 3.18. The summed E-state index contributed by atoms with van der Waals surface area (Å²) in [4.78, 5) is 25.7. The van der Waals surface area contributed by atoms with Crippen LogP contribution in [0.5, 0.6) is 0 Å². The Hall–Kier alpha value is -1.30. The van der Waals surface area contributed by atoms with Crippen LogP contribution < -0.4 is 0 Å². The van der Waals surface area contributed by atoms with Gasteiger partial charge < -0.3 is 14.2 Å². The molecule has 1 amide bonds. The maximum absolute atomic E-state index is 12.2. The summed E-state index contributed by atoms with van der Waals surface area (Å²) < 4.78 is 15.9. The molecule has 0 aromatic carbocycles. The van der Waals surface area contributed by atoms with Crippen LogP contribution in [0.4, 0.5) is 4.79 Å². The van der Waals surface area contributed by atoms with Crippen molar-refractivity contribution < 1.29 is 23.8 Å². The molecule has 0 N–H and O–H groups in total. The SMILES string of the molecule is CCOC(=O)C1C2CC(CO2)N1C(=O)OC(C)(C)C. The van der Waals surface area contributed by atoms with Gasteiger partial charge in [-0.25, -0.2) is 9.59 Å². The molecular formula is C13H21NO5. The molecule has 3 unspecified atom stereocenters. The second kappa shape index (κ2) is 5.00. The van der Waals surface area contributed by atoms with Gasteiger partial charge in [-0.05, 0) is 34.1 Å². The largest absolute Gasteiger partial charge is 0.464 e. The van der Waals surface area contributed by atoms with Crippen molar-refractivity contribution in [2.75, 3.05) is 13.2 Å². The summed E-state index contributed by atoms with van der Waals surface area (Å²) in [6.07, 6.45) is -0.0687. The van der Waals surface area contributed by atoms with Crippen LogP contribution in [0.25, 0.3) is 0 Å². The summed E-state index contributed by atoms with van der Waals surface area (Å²) in [6, 6.07) is -0.761. The number of hydrogen-bond acceptors (Lipinski definition) is 5. The van der Waals surface area contributed by atoms with Gasteiger partial charge in [0.15, 0.2) is 6.04 Å². The van der Waals surface area contributed by atoms with E-state index in [2.05, 4.69) is 0 Å². The van der Waals surface area contributed by atoms with Gasteiger partial charge in [0.1, 0.15) is 5.60 Å². The third kappa shape index (κ3) is 2.83. The fraction of sp³-hybridized carbons (Fsp3) is 0.846. The molecule has 2 rings (SSSR count). The van der Waals surface area contributed by atoms with Crippen LogP contribution in [0.15, 0.2) is 0 Å². The minimum Gasteiger partial charge on any atom is -0.464 e. The van der Waals surface area contributed by atoms with Crippen molar-refractivity contribution in [3.05, 3.63) is 0 Å². The van der Waals surface area contributed by atoms with Gasteiger partial charge in [-0.3, -0.25) is 4.90 Å². The molecule has 2 saturated heterocycles. The Morgan fingerprint density at radius 2 is 2.05 bits per heavy atom. The number of rotatable bonds is 2. The van der Waals surface area contributed by atoms with E-state index in [0.717, 1.165) is 0 Å². The average molecular weight is 271 g/mol. The molecule has 108 valence electrons. The summed E-state index contributed by atoms with van der Waals surface area (Å²) in [5.41, 5.74) is -0.584. The molecule has 2 aliphatic rings. The lowest BCUT2D eigenvalue weighted by atomic mass is 10.2. The van der Waals surface area contributed by atoms with Crippen LogP contribution in [-0.4, -0.2) is 54.0 Å². The highest BCUT2D eigenvalue weighted by molar-refractivity contribution is 5.83. The number of hydrogen-bond donors (Lipinski definition) is 0. The molecule has 0 aliphatic carbocycles. The van der Waals surface area contributed by atoms with E-state index < -0.39 is 23.7 Å². The van der Waals surface area contributed by atoms with Crippen LogP contribution in [0, 0.1) is 0 Å². The van der Waals surface area contributed by atoms with E-state index in [1.165, 1.54) is 4.90 Å². The molecule has 0 aromatic heterocycles. The fourth-order valence-electron chi connectivity index (χ4n) is 2.53. The van der Waals surface area contributed by atoms with Crippen LogP contribution >= 0.6 is 0 Å². The minimum atomic E-state index is -0.673. The highest BCUT2D eigenvalue weighted by Crippen LogP contribution is 2.35. The first-order chi connectivity index (χ1) is 8.83. The smallest absolute Gasteiger partial charge is 0.411 e. The summed E-state index contributed by atoms with van der Waals surface area (Å²) in [5, 5.41) is 0. The Kier molecular flexibility index (Phi) is 3.71. The van der Waals surface area contributed by atoms with Crippen molar-refractivity contribution in [1.29, 1.82) is 0 Å². The molecule has 19 heavy (non-hydrogen) atoms. The minimum absolute atomic E-state index is 0.0887. The monoisotopic (exact) mass is 271 g/mol. The zero-order chi connectivity index (χ0) is 14.2. The number of esters is 1. The molecule has 6 heteroatoms. The van der Waals surface area contributed by atoms with Crippen molar-refractivity contribution in [2.45, 2.75) is 57.9 Å². The fourth-order valence-corrected chi connectivity index (χ4v) is 2.53. The Labute approximate surface area is 113 Å². The van der Waals surface area contributed by atoms with Crippen molar-refractivity contribution in [3.8, 4) is 0 Å². The predicted octanol–water partition coefficient (Wildman–Crippen LogP) is 1.33. The van der Waals surface area contributed by atoms with Crippen molar-refractivity contribution in [1.82, 2.24) is 4.90 Å². The van der Waals surface area contributed by atoms with E-state index >= 15 is 0 Å². The first kappa shape index (κ1) is 14.1. The topological polar surface area (TPSA) is 65.1 Å². The normalized spacial score (nSPS) is 29.5. The van der Waals surface area contributed by atoms with Crippen molar-refractivity contribution >= 4 is 12.1 Å². The highest BCUT2D eigenvalue weighted by atomic mass is 16.6. The summed E-state index contributed by atoms with van der Waals surface area (Å²) in [7, 11) is 0. The van der Waals surface area contributed by atoms with Gasteiger partial charge in [-0.15, -0.1) is 0 Å². The maximum atomic E-state index is 12.2. The lowest BCUT2D eigenvalue weighted by Gasteiger charge is -2.34. The van der Waals surface area contributed by atoms with E-state index in [9.17, 15) is 9.59 Å². The summed E-state index contributed by atoms with van der Waals surface area (Å²) >= 11 is 0. The van der Waals surface area contributed by atoms with Gasteiger partial charge in [-0.2, -0.15) is 0 Å². The van der Waals surface area contributed by atoms with Crippen LogP contribution in [0.2, 0.25) is 0 Å². The second-order valence-corrected chi connectivity index (χ2v) is 5.85. The Bertz CT molecular complexity index is 376. The number of nitrogens with zero attached hydrogens (tertiary/aromatic N) is 1. The molecule has 6 nitrogen and oxygen atoms in total. The zero-order valence-electron chi connectivity index (χ0n) is 11.8. The zero-order valence-corrected chi connectivity index (χ0v) is 11.8. The van der Waals surface area contributed by atoms with Gasteiger partial charge >= 0.3 is 12.1 Å². The molecule has 2 bridgehead atoms. The van der Waals surface area contributed by atoms with Gasteiger partial charge in [0.2, 0.25) is 0 Å². The number of carbonyl (C=O) groups excluding carboxylic acids is 2. The Morgan fingerprint density at radius 3 is 2.63 bits per heavy atom. The van der Waals surface area contributed by atoms with Crippen LogP contribution in [0.1, 0.15) is 34.1 Å². The third-order valence-corrected chi connectivity index (χ3v) is 3.18. The van der Waals surface area contributed by atoms with E-state index in [1.807, 2.05) is 0 Å². The van der Waals surface area contributed by atoms with Crippen molar-refractivity contribution in [3.63, 3.8) is 0 Å². The van der Waals surface area contributed by atoms with Crippen molar-refractivity contribution in [2.24, 2.45) is 0 Å². The quantitative estimate of drug-likeness (QED) is 0.709. The maximum Gasteiger partial charge on any atom is 0.411 e. The molecule has 3 atom stereocenters. The van der Waals surface area contributed by atoms with Gasteiger partial charge in [0, 0.05) is 0 Å². The number of amides is 1. The van der Waals surface area contributed by atoms with Crippen LogP contribution in [-0.2, 0) is 19.0 Å². The van der Waals surface area contributed by atoms with E-state index in [1.54, 1.807) is 27.7 Å². The molecule has 0 saturated carbocycles. The number of carbonyl (C=O) groups is 2. The first-order valence-electron chi connectivity index (χ1n) is 6.63. The number of morpholine rings is 1. The van der Waals surface area contributed by atoms with Gasteiger partial charge in [0.05, 0.1) is 25.4 Å². The van der Waals surface area contributed by atoms with Gasteiger partial charge in [-0.1, -0.05) is 0 Å². The van der Waals surface area contributed by atoms with Gasteiger partial charge in [0.25, 0.3) is 0 Å². The van der Waals surface area contributed by atoms with E-state index in [4.69, 9.17) is 14.2 Å². The molecule has 2 aliphatic heterocycles. The molecule has 2 heterocycles.